The quantitative estimate of drug-likeness (QED) is 0.304. The maximum absolute atomic E-state index is 13.5. The topological polar surface area (TPSA) is 116 Å². The summed E-state index contributed by atoms with van der Waals surface area (Å²) in [7, 11) is 1.95. The predicted octanol–water partition coefficient (Wildman–Crippen LogP) is 5.17. The smallest absolute Gasteiger partial charge is 0.309 e. The van der Waals surface area contributed by atoms with Crippen LogP contribution in [-0.4, -0.2) is 65.4 Å². The van der Waals surface area contributed by atoms with E-state index in [1.54, 1.807) is 30.5 Å². The van der Waals surface area contributed by atoms with E-state index in [9.17, 15) is 19.8 Å². The summed E-state index contributed by atoms with van der Waals surface area (Å²) in [6.07, 6.45) is 4.82. The van der Waals surface area contributed by atoms with Gasteiger partial charge in [0.05, 0.1) is 22.8 Å². The minimum absolute atomic E-state index is 0.0367. The number of aromatic hydroxyl groups is 2. The first-order valence-corrected chi connectivity index (χ1v) is 14.5. The van der Waals surface area contributed by atoms with Crippen molar-refractivity contribution in [2.45, 2.75) is 31.3 Å². The lowest BCUT2D eigenvalue weighted by Gasteiger charge is -2.38. The van der Waals surface area contributed by atoms with Crippen molar-refractivity contribution in [1.29, 1.82) is 0 Å². The van der Waals surface area contributed by atoms with Gasteiger partial charge in [0.15, 0.2) is 5.43 Å². The summed E-state index contributed by atoms with van der Waals surface area (Å²) in [5.41, 5.74) is 1.48. The van der Waals surface area contributed by atoms with Crippen molar-refractivity contribution in [1.82, 2.24) is 9.88 Å². The van der Waals surface area contributed by atoms with Gasteiger partial charge < -0.3 is 29.2 Å². The number of benzene rings is 2. The van der Waals surface area contributed by atoms with Crippen LogP contribution in [0, 0.1) is 5.92 Å². The zero-order valence-corrected chi connectivity index (χ0v) is 24.0. The standard InChI is InChI=1S/C32H32ClN3O6/c1-35-12-10-22(28(18-35)42-32(40)19-8-13-36(14-9-19)20-5-4-11-34-17-20)29-24(37)15-25(38)30-26(39)16-27(41-31(29)30)21-6-2-3-7-23(21)33/h2-7,11,15-17,19,22,28,37-38H,8-10,12-14,18H2,1H3/t22-,28+/m0/s1. The Hall–Kier alpha value is -4.08. The minimum Gasteiger partial charge on any atom is -0.507 e. The number of likely N-dealkylation sites (tertiary alicyclic amines) is 1. The second-order valence-electron chi connectivity index (χ2n) is 11.1. The number of nitrogens with zero attached hydrogens (tertiary/aromatic N) is 3. The number of hydrogen-bond donors (Lipinski definition) is 2. The molecule has 0 aliphatic carbocycles. The summed E-state index contributed by atoms with van der Waals surface area (Å²) in [5.74, 6) is -1.38. The van der Waals surface area contributed by atoms with Gasteiger partial charge in [-0.1, -0.05) is 23.7 Å². The van der Waals surface area contributed by atoms with Gasteiger partial charge in [0.1, 0.15) is 34.3 Å². The Morgan fingerprint density at radius 1 is 1.05 bits per heavy atom. The number of phenolic OH excluding ortho intramolecular Hbond substituents is 2. The second kappa shape index (κ2) is 11.7. The van der Waals surface area contributed by atoms with Crippen LogP contribution in [0.5, 0.6) is 11.5 Å². The minimum atomic E-state index is -0.597. The molecule has 0 bridgehead atoms. The molecule has 2 fully saturated rings. The Bertz CT molecular complexity index is 1670. The molecule has 2 aromatic heterocycles. The number of ether oxygens (including phenoxy) is 1. The molecule has 2 saturated heterocycles. The van der Waals surface area contributed by atoms with Crippen LogP contribution in [-0.2, 0) is 9.53 Å². The summed E-state index contributed by atoms with van der Waals surface area (Å²) >= 11 is 6.40. The van der Waals surface area contributed by atoms with Crippen molar-refractivity contribution < 1.29 is 24.2 Å². The molecule has 4 heterocycles. The molecule has 4 aromatic rings. The average molecular weight is 590 g/mol. The molecule has 0 amide bonds. The maximum Gasteiger partial charge on any atom is 0.309 e. The van der Waals surface area contributed by atoms with E-state index in [4.69, 9.17) is 20.8 Å². The molecule has 0 spiro atoms. The Balaban J connectivity index is 1.31. The Morgan fingerprint density at radius 3 is 2.57 bits per heavy atom. The first-order chi connectivity index (χ1) is 20.3. The van der Waals surface area contributed by atoms with Crippen LogP contribution in [0.1, 0.15) is 30.7 Å². The molecule has 2 N–H and O–H groups in total. The van der Waals surface area contributed by atoms with Gasteiger partial charge in [-0.25, -0.2) is 0 Å². The summed E-state index contributed by atoms with van der Waals surface area (Å²) in [5, 5.41) is 22.1. The molecule has 2 aromatic carbocycles. The van der Waals surface area contributed by atoms with Crippen molar-refractivity contribution in [3.05, 3.63) is 81.7 Å². The number of anilines is 1. The fraction of sp³-hybridized carbons (Fsp3) is 0.344. The molecule has 6 rings (SSSR count). The van der Waals surface area contributed by atoms with Crippen LogP contribution in [0.2, 0.25) is 5.02 Å². The van der Waals surface area contributed by atoms with Crippen molar-refractivity contribution in [3.8, 4) is 22.8 Å². The van der Waals surface area contributed by atoms with Crippen LogP contribution < -0.4 is 10.3 Å². The second-order valence-corrected chi connectivity index (χ2v) is 11.5. The number of piperidine rings is 2. The number of hydrogen-bond acceptors (Lipinski definition) is 9. The number of carbonyl (C=O) groups excluding carboxylic acids is 1. The number of rotatable bonds is 5. The molecule has 218 valence electrons. The third kappa shape index (κ3) is 5.42. The van der Waals surface area contributed by atoms with Crippen molar-refractivity contribution in [2.75, 3.05) is 38.1 Å². The molecule has 10 heteroatoms. The van der Waals surface area contributed by atoms with E-state index in [0.717, 1.165) is 24.8 Å². The van der Waals surface area contributed by atoms with E-state index >= 15 is 0 Å². The molecule has 0 radical (unpaired) electrons. The molecule has 0 saturated carbocycles. The molecule has 42 heavy (non-hydrogen) atoms. The van der Waals surface area contributed by atoms with Gasteiger partial charge in [0.25, 0.3) is 0 Å². The van der Waals surface area contributed by atoms with Crippen molar-refractivity contribution in [2.24, 2.45) is 5.92 Å². The zero-order chi connectivity index (χ0) is 29.4. The van der Waals surface area contributed by atoms with Crippen LogP contribution in [0.25, 0.3) is 22.3 Å². The van der Waals surface area contributed by atoms with Gasteiger partial charge in [-0.2, -0.15) is 0 Å². The van der Waals surface area contributed by atoms with E-state index in [2.05, 4.69) is 14.8 Å². The third-order valence-corrected chi connectivity index (χ3v) is 8.71. The van der Waals surface area contributed by atoms with E-state index < -0.39 is 17.5 Å². The molecular weight excluding hydrogens is 558 g/mol. The van der Waals surface area contributed by atoms with Crippen LogP contribution in [0.3, 0.4) is 0 Å². The molecule has 0 unspecified atom stereocenters. The first-order valence-electron chi connectivity index (χ1n) is 14.1. The highest BCUT2D eigenvalue weighted by Gasteiger charge is 2.38. The number of pyridine rings is 1. The van der Waals surface area contributed by atoms with E-state index in [1.807, 2.05) is 25.4 Å². The molecule has 2 atom stereocenters. The van der Waals surface area contributed by atoms with Gasteiger partial charge in [0.2, 0.25) is 0 Å². The van der Waals surface area contributed by atoms with Crippen LogP contribution in [0.4, 0.5) is 5.69 Å². The summed E-state index contributed by atoms with van der Waals surface area (Å²) in [4.78, 5) is 35.2. The van der Waals surface area contributed by atoms with Gasteiger partial charge in [-0.15, -0.1) is 0 Å². The number of fused-ring (bicyclic) bond motifs is 1. The normalized spacial score (nSPS) is 20.1. The monoisotopic (exact) mass is 589 g/mol. The number of halogens is 1. The SMILES string of the molecule is CN1CC[C@H](c2c(O)cc(O)c3c(=O)cc(-c4ccccc4Cl)oc23)[C@H](OC(=O)C2CCN(c3cccnc3)CC2)C1. The molecule has 2 aliphatic heterocycles. The Morgan fingerprint density at radius 2 is 1.83 bits per heavy atom. The number of likely N-dealkylation sites (N-methyl/N-ethyl adjacent to an activating group) is 1. The van der Waals surface area contributed by atoms with Gasteiger partial charge in [-0.3, -0.25) is 14.6 Å². The van der Waals surface area contributed by atoms with Gasteiger partial charge >= 0.3 is 5.97 Å². The molecular formula is C32H32ClN3O6. The zero-order valence-electron chi connectivity index (χ0n) is 23.2. The average Bonchev–Trinajstić information content (AvgIpc) is 2.98. The largest absolute Gasteiger partial charge is 0.507 e. The van der Waals surface area contributed by atoms with Crippen LogP contribution in [0.15, 0.2) is 70.1 Å². The number of phenols is 2. The number of aromatic nitrogens is 1. The number of carbonyl (C=O) groups is 1. The van der Waals surface area contributed by atoms with E-state index in [-0.39, 0.29) is 40.1 Å². The number of esters is 1. The maximum atomic E-state index is 13.5. The third-order valence-electron chi connectivity index (χ3n) is 8.38. The van der Waals surface area contributed by atoms with E-state index in [1.165, 1.54) is 6.07 Å². The lowest BCUT2D eigenvalue weighted by Crippen LogP contribution is -2.45. The van der Waals surface area contributed by atoms with Crippen molar-refractivity contribution in [3.63, 3.8) is 0 Å². The van der Waals surface area contributed by atoms with E-state index in [0.29, 0.717) is 48.5 Å². The highest BCUT2D eigenvalue weighted by atomic mass is 35.5. The fourth-order valence-electron chi connectivity index (χ4n) is 6.15. The Labute approximate surface area is 247 Å². The summed E-state index contributed by atoms with van der Waals surface area (Å²) in [6.45, 7) is 2.57. The predicted molar refractivity (Wildman–Crippen MR) is 160 cm³/mol. The Kier molecular flexibility index (Phi) is 7.79. The van der Waals surface area contributed by atoms with Crippen molar-refractivity contribution >= 4 is 34.2 Å². The molecule has 2 aliphatic rings. The summed E-state index contributed by atoms with van der Waals surface area (Å²) in [6, 6.07) is 13.3. The fourth-order valence-corrected chi connectivity index (χ4v) is 6.38. The van der Waals surface area contributed by atoms with Crippen LogP contribution >= 0.6 is 11.6 Å². The first kappa shape index (κ1) is 28.1. The highest BCUT2D eigenvalue weighted by Crippen LogP contribution is 2.44. The lowest BCUT2D eigenvalue weighted by molar-refractivity contribution is -0.158. The van der Waals surface area contributed by atoms with Gasteiger partial charge in [0, 0.05) is 55.0 Å². The molecule has 9 nitrogen and oxygen atoms in total. The highest BCUT2D eigenvalue weighted by molar-refractivity contribution is 6.33. The summed E-state index contributed by atoms with van der Waals surface area (Å²) < 4.78 is 12.4. The lowest BCUT2D eigenvalue weighted by atomic mass is 9.85. The van der Waals surface area contributed by atoms with Gasteiger partial charge in [-0.05, 0) is 57.1 Å².